The van der Waals surface area contributed by atoms with Crippen LogP contribution >= 0.6 is 0 Å². The summed E-state index contributed by atoms with van der Waals surface area (Å²) in [5.74, 6) is -0.598. The molecule has 4 aromatic carbocycles. The third-order valence-corrected chi connectivity index (χ3v) is 8.64. The molecule has 0 atom stereocenters. The number of carbonyl (C=O) groups excluding carboxylic acids is 3. The number of ether oxygens (including phenoxy) is 2. The van der Waals surface area contributed by atoms with Crippen molar-refractivity contribution in [2.24, 2.45) is 5.16 Å². The highest BCUT2D eigenvalue weighted by atomic mass is 16.7. The topological polar surface area (TPSA) is 91.3 Å². The van der Waals surface area contributed by atoms with Gasteiger partial charge in [-0.05, 0) is 86.4 Å². The Hall–Kier alpha value is -4.52. The average Bonchev–Trinajstić information content (AvgIpc) is 3.06. The predicted octanol–water partition coefficient (Wildman–Crippen LogP) is 8.40. The lowest BCUT2D eigenvalue weighted by Crippen LogP contribution is -2.26. The van der Waals surface area contributed by atoms with E-state index in [0.29, 0.717) is 22.3 Å². The van der Waals surface area contributed by atoms with Gasteiger partial charge < -0.3 is 14.3 Å². The summed E-state index contributed by atoms with van der Waals surface area (Å²) in [7, 11) is 0. The Balaban J connectivity index is 1.37. The molecule has 6 rings (SSSR count). The SMILES string of the molecule is CC(=O)ON=C(C(=O)c1ccc(OC2CCCCC2)c2ccccc12)C(=O)c1ccc(OC2CCCCC2)c2ccccc12. The van der Waals surface area contributed by atoms with Gasteiger partial charge in [-0.25, -0.2) is 4.79 Å². The largest absolute Gasteiger partial charge is 0.490 e. The van der Waals surface area contributed by atoms with Crippen LogP contribution in [0.2, 0.25) is 0 Å². The van der Waals surface area contributed by atoms with Crippen molar-refractivity contribution in [2.75, 3.05) is 0 Å². The fraction of sp³-hybridized carbons (Fsp3) is 0.351. The highest BCUT2D eigenvalue weighted by molar-refractivity contribution is 6.73. The van der Waals surface area contributed by atoms with Crippen LogP contribution < -0.4 is 9.47 Å². The van der Waals surface area contributed by atoms with Gasteiger partial charge in [0.1, 0.15) is 11.5 Å². The molecular weight excluding hydrogens is 554 g/mol. The van der Waals surface area contributed by atoms with Crippen molar-refractivity contribution in [3.05, 3.63) is 83.9 Å². The van der Waals surface area contributed by atoms with Gasteiger partial charge in [-0.1, -0.05) is 66.5 Å². The first-order chi connectivity index (χ1) is 21.5. The first-order valence-corrected chi connectivity index (χ1v) is 15.7. The standard InChI is InChI=1S/C37H37NO6/c1-24(39)44-38-35(36(40)31-20-22-33(29-18-10-8-16-27(29)31)42-25-12-4-2-5-13-25)37(41)32-21-23-34(30-19-11-9-17-28(30)32)43-26-14-6-3-7-15-26/h8-11,16-23,25-26H,2-7,12-15H2,1H3. The molecule has 0 aromatic heterocycles. The van der Waals surface area contributed by atoms with E-state index in [0.717, 1.165) is 62.1 Å². The van der Waals surface area contributed by atoms with Crippen LogP contribution in [0.1, 0.15) is 91.8 Å². The van der Waals surface area contributed by atoms with Gasteiger partial charge in [0, 0.05) is 28.8 Å². The Morgan fingerprint density at radius 1 is 0.568 bits per heavy atom. The second-order valence-corrected chi connectivity index (χ2v) is 11.8. The molecule has 2 fully saturated rings. The summed E-state index contributed by atoms with van der Waals surface area (Å²) in [6.45, 7) is 1.18. The highest BCUT2D eigenvalue weighted by Gasteiger charge is 2.29. The van der Waals surface area contributed by atoms with Gasteiger partial charge in [0.25, 0.3) is 0 Å². The fourth-order valence-corrected chi connectivity index (χ4v) is 6.42. The number of ketones is 2. The van der Waals surface area contributed by atoms with Crippen molar-refractivity contribution in [3.8, 4) is 11.5 Å². The Morgan fingerprint density at radius 2 is 0.977 bits per heavy atom. The van der Waals surface area contributed by atoms with Gasteiger partial charge in [0.05, 0.1) is 12.2 Å². The molecule has 4 aromatic rings. The third kappa shape index (κ3) is 6.37. The Labute approximate surface area is 257 Å². The molecule has 0 radical (unpaired) electrons. The van der Waals surface area contributed by atoms with E-state index >= 15 is 0 Å². The van der Waals surface area contributed by atoms with Crippen LogP contribution in [-0.4, -0.2) is 35.5 Å². The van der Waals surface area contributed by atoms with E-state index in [2.05, 4.69) is 5.16 Å². The summed E-state index contributed by atoms with van der Waals surface area (Å²) in [4.78, 5) is 45.0. The summed E-state index contributed by atoms with van der Waals surface area (Å²) >= 11 is 0. The Morgan fingerprint density at radius 3 is 1.39 bits per heavy atom. The van der Waals surface area contributed by atoms with E-state index in [1.807, 2.05) is 48.5 Å². The molecule has 0 saturated heterocycles. The molecule has 7 nitrogen and oxygen atoms in total. The first kappa shape index (κ1) is 29.5. The molecule has 0 N–H and O–H groups in total. The highest BCUT2D eigenvalue weighted by Crippen LogP contribution is 2.34. The summed E-state index contributed by atoms with van der Waals surface area (Å²) in [5.41, 5.74) is 0.0761. The predicted molar refractivity (Wildman–Crippen MR) is 171 cm³/mol. The van der Waals surface area contributed by atoms with E-state index in [1.165, 1.54) is 19.8 Å². The molecule has 2 saturated carbocycles. The molecule has 0 heterocycles. The van der Waals surface area contributed by atoms with E-state index in [1.54, 1.807) is 24.3 Å². The van der Waals surface area contributed by atoms with Crippen LogP contribution in [0.3, 0.4) is 0 Å². The van der Waals surface area contributed by atoms with Crippen LogP contribution in [0.15, 0.2) is 78.0 Å². The molecule has 0 aliphatic heterocycles. The Bertz CT molecular complexity index is 1610. The van der Waals surface area contributed by atoms with Gasteiger partial charge in [-0.3, -0.25) is 9.59 Å². The number of oxime groups is 1. The van der Waals surface area contributed by atoms with Crippen molar-refractivity contribution >= 4 is 44.8 Å². The average molecular weight is 592 g/mol. The van der Waals surface area contributed by atoms with Crippen molar-refractivity contribution in [1.82, 2.24) is 0 Å². The normalized spacial score (nSPS) is 15.9. The molecule has 2 aliphatic carbocycles. The monoisotopic (exact) mass is 591 g/mol. The summed E-state index contributed by atoms with van der Waals surface area (Å²) < 4.78 is 12.8. The first-order valence-electron chi connectivity index (χ1n) is 15.7. The second kappa shape index (κ2) is 13.4. The minimum absolute atomic E-state index is 0.134. The molecule has 2 aliphatic rings. The van der Waals surface area contributed by atoms with E-state index < -0.39 is 23.2 Å². The lowest BCUT2D eigenvalue weighted by Gasteiger charge is -2.24. The van der Waals surface area contributed by atoms with Crippen LogP contribution in [0.25, 0.3) is 21.5 Å². The van der Waals surface area contributed by atoms with Crippen LogP contribution in [-0.2, 0) is 9.63 Å². The fourth-order valence-electron chi connectivity index (χ4n) is 6.42. The summed E-state index contributed by atoms with van der Waals surface area (Å²) in [5, 5.41) is 6.65. The molecular formula is C37H37NO6. The molecule has 7 heteroatoms. The van der Waals surface area contributed by atoms with Gasteiger partial charge in [0.15, 0.2) is 5.71 Å². The van der Waals surface area contributed by atoms with Crippen LogP contribution in [0.4, 0.5) is 0 Å². The van der Waals surface area contributed by atoms with E-state index in [4.69, 9.17) is 14.3 Å². The molecule has 44 heavy (non-hydrogen) atoms. The summed E-state index contributed by atoms with van der Waals surface area (Å²) in [6, 6.07) is 21.8. The number of fused-ring (bicyclic) bond motifs is 2. The van der Waals surface area contributed by atoms with Crippen molar-refractivity contribution in [3.63, 3.8) is 0 Å². The molecule has 0 amide bonds. The van der Waals surface area contributed by atoms with Gasteiger partial charge in [-0.2, -0.15) is 0 Å². The van der Waals surface area contributed by atoms with Crippen molar-refractivity contribution in [1.29, 1.82) is 0 Å². The number of nitrogens with zero attached hydrogens (tertiary/aromatic N) is 1. The zero-order valence-electron chi connectivity index (χ0n) is 25.1. The number of hydrogen-bond donors (Lipinski definition) is 0. The Kier molecular flexibility index (Phi) is 9.01. The van der Waals surface area contributed by atoms with Crippen molar-refractivity contribution < 1.29 is 28.7 Å². The number of benzene rings is 4. The quantitative estimate of drug-likeness (QED) is 0.0638. The maximum Gasteiger partial charge on any atom is 0.332 e. The van der Waals surface area contributed by atoms with Crippen LogP contribution in [0, 0.1) is 0 Å². The lowest BCUT2D eigenvalue weighted by molar-refractivity contribution is -0.140. The molecule has 226 valence electrons. The van der Waals surface area contributed by atoms with Crippen molar-refractivity contribution in [2.45, 2.75) is 83.3 Å². The number of carbonyl (C=O) groups is 3. The number of Topliss-reactive ketones (excluding diaryl/α,β-unsaturated/α-hetero) is 2. The third-order valence-electron chi connectivity index (χ3n) is 8.64. The number of hydrogen-bond acceptors (Lipinski definition) is 7. The maximum absolute atomic E-state index is 14.1. The minimum atomic E-state index is -0.731. The molecule has 0 unspecified atom stereocenters. The lowest BCUT2D eigenvalue weighted by atomic mass is 9.92. The zero-order chi connectivity index (χ0) is 30.5. The molecule has 0 bridgehead atoms. The van der Waals surface area contributed by atoms with Crippen LogP contribution in [0.5, 0.6) is 11.5 Å². The van der Waals surface area contributed by atoms with Gasteiger partial charge in [-0.15, -0.1) is 0 Å². The van der Waals surface area contributed by atoms with E-state index in [-0.39, 0.29) is 23.3 Å². The minimum Gasteiger partial charge on any atom is -0.490 e. The zero-order valence-corrected chi connectivity index (χ0v) is 25.1. The smallest absolute Gasteiger partial charge is 0.332 e. The van der Waals surface area contributed by atoms with Gasteiger partial charge >= 0.3 is 5.97 Å². The maximum atomic E-state index is 14.1. The van der Waals surface area contributed by atoms with Gasteiger partial charge in [0.2, 0.25) is 11.6 Å². The van der Waals surface area contributed by atoms with E-state index in [9.17, 15) is 14.4 Å². The summed E-state index contributed by atoms with van der Waals surface area (Å²) in [6.07, 6.45) is 11.3. The second-order valence-electron chi connectivity index (χ2n) is 11.8. The number of rotatable bonds is 9. The molecule has 0 spiro atoms.